The summed E-state index contributed by atoms with van der Waals surface area (Å²) in [5.74, 6) is -0.617. The summed E-state index contributed by atoms with van der Waals surface area (Å²) in [7, 11) is 1.33. The van der Waals surface area contributed by atoms with Gasteiger partial charge in [0.2, 0.25) is 5.91 Å². The van der Waals surface area contributed by atoms with Crippen LogP contribution in [0.4, 0.5) is 5.69 Å². The van der Waals surface area contributed by atoms with Crippen molar-refractivity contribution in [1.29, 1.82) is 0 Å². The number of carbonyl (C=O) groups excluding carboxylic acids is 2. The highest BCUT2D eigenvalue weighted by molar-refractivity contribution is 7.18. The molecule has 4 rings (SSSR count). The third-order valence-corrected chi connectivity index (χ3v) is 6.05. The predicted octanol–water partition coefficient (Wildman–Crippen LogP) is 3.86. The van der Waals surface area contributed by atoms with Gasteiger partial charge in [-0.15, -0.1) is 11.3 Å². The van der Waals surface area contributed by atoms with E-state index in [1.165, 1.54) is 11.8 Å². The van der Waals surface area contributed by atoms with Crippen molar-refractivity contribution in [2.24, 2.45) is 0 Å². The molecule has 1 aliphatic rings. The number of benzene rings is 2. The maximum Gasteiger partial charge on any atom is 0.339 e. The normalized spacial score (nSPS) is 17.0. The number of fused-ring (bicyclic) bond motifs is 1. The van der Waals surface area contributed by atoms with E-state index in [1.54, 1.807) is 35.6 Å². The Balaban J connectivity index is 1.47. The summed E-state index contributed by atoms with van der Waals surface area (Å²) >= 11 is 1.69. The quantitative estimate of drug-likeness (QED) is 0.664. The molecule has 0 unspecified atom stereocenters. The molecule has 1 aromatic heterocycles. The number of hydrogen-bond donors (Lipinski definition) is 1. The summed E-state index contributed by atoms with van der Waals surface area (Å²) in [6.45, 7) is 1.11. The lowest BCUT2D eigenvalue weighted by molar-refractivity contribution is -0.117. The Kier molecular flexibility index (Phi) is 5.36. The van der Waals surface area contributed by atoms with Crippen LogP contribution in [0.25, 0.3) is 10.2 Å². The fourth-order valence-electron chi connectivity index (χ4n) is 3.58. The van der Waals surface area contributed by atoms with Gasteiger partial charge in [-0.2, -0.15) is 0 Å². The average Bonchev–Trinajstić information content (AvgIpc) is 3.34. The van der Waals surface area contributed by atoms with E-state index < -0.39 is 5.97 Å². The van der Waals surface area contributed by atoms with E-state index in [-0.39, 0.29) is 18.5 Å². The minimum Gasteiger partial charge on any atom is -0.465 e. The zero-order valence-corrected chi connectivity index (χ0v) is 16.4. The molecule has 0 spiro atoms. The molecule has 1 N–H and O–H groups in total. The Morgan fingerprint density at radius 3 is 2.82 bits per heavy atom. The van der Waals surface area contributed by atoms with Gasteiger partial charge in [0.05, 0.1) is 41.2 Å². The minimum absolute atomic E-state index is 0.149. The monoisotopic (exact) mass is 395 g/mol. The lowest BCUT2D eigenvalue weighted by Crippen LogP contribution is -2.33. The van der Waals surface area contributed by atoms with Gasteiger partial charge in [0.15, 0.2) is 0 Å². The number of likely N-dealkylation sites (tertiary alicyclic amines) is 1. The number of nitrogens with one attached hydrogen (secondary N) is 1. The first-order chi connectivity index (χ1) is 13.7. The van der Waals surface area contributed by atoms with Gasteiger partial charge in [0.25, 0.3) is 0 Å². The molecule has 28 heavy (non-hydrogen) atoms. The number of hydrogen-bond acceptors (Lipinski definition) is 6. The zero-order valence-electron chi connectivity index (χ0n) is 15.6. The Bertz CT molecular complexity index is 984. The van der Waals surface area contributed by atoms with Gasteiger partial charge in [-0.1, -0.05) is 24.3 Å². The molecular formula is C21H21N3O3S. The third-order valence-electron chi connectivity index (χ3n) is 4.91. The fourth-order valence-corrected chi connectivity index (χ4v) is 4.72. The van der Waals surface area contributed by atoms with E-state index in [2.05, 4.69) is 16.3 Å². The van der Waals surface area contributed by atoms with Crippen LogP contribution in [0, 0.1) is 0 Å². The molecule has 0 radical (unpaired) electrons. The Hall–Kier alpha value is -2.77. The van der Waals surface area contributed by atoms with E-state index in [0.717, 1.165) is 29.9 Å². The molecule has 1 saturated heterocycles. The number of anilines is 1. The van der Waals surface area contributed by atoms with E-state index in [4.69, 9.17) is 9.72 Å². The van der Waals surface area contributed by atoms with Crippen molar-refractivity contribution >= 4 is 39.1 Å². The van der Waals surface area contributed by atoms with Gasteiger partial charge in [-0.3, -0.25) is 9.69 Å². The smallest absolute Gasteiger partial charge is 0.339 e. The number of carbonyl (C=O) groups is 2. The van der Waals surface area contributed by atoms with E-state index in [1.807, 2.05) is 18.2 Å². The summed E-state index contributed by atoms with van der Waals surface area (Å²) in [5, 5.41) is 3.91. The number of aromatic nitrogens is 1. The van der Waals surface area contributed by atoms with E-state index >= 15 is 0 Å². The number of nitrogens with zero attached hydrogens (tertiary/aromatic N) is 2. The molecule has 1 fully saturated rings. The van der Waals surface area contributed by atoms with Gasteiger partial charge in [-0.05, 0) is 43.7 Å². The van der Waals surface area contributed by atoms with E-state index in [0.29, 0.717) is 11.3 Å². The molecule has 1 aliphatic heterocycles. The minimum atomic E-state index is -0.468. The summed E-state index contributed by atoms with van der Waals surface area (Å²) in [6, 6.07) is 15.1. The molecular weight excluding hydrogens is 374 g/mol. The zero-order chi connectivity index (χ0) is 19.5. The SMILES string of the molecule is COC(=O)c1ccccc1NC(=O)CN1CCC[C@H]1c1nc2ccccc2s1. The van der Waals surface area contributed by atoms with Crippen molar-refractivity contribution in [3.8, 4) is 0 Å². The van der Waals surface area contributed by atoms with Crippen molar-refractivity contribution in [2.45, 2.75) is 18.9 Å². The standard InChI is InChI=1S/C21H21N3O3S/c1-27-21(26)14-7-2-3-8-15(14)22-19(25)13-24-12-6-10-17(24)20-23-16-9-4-5-11-18(16)28-20/h2-5,7-9,11,17H,6,10,12-13H2,1H3,(H,22,25)/t17-/m0/s1. The third kappa shape index (κ3) is 3.76. The molecule has 144 valence electrons. The highest BCUT2D eigenvalue weighted by Gasteiger charge is 2.30. The number of thiazole rings is 1. The lowest BCUT2D eigenvalue weighted by Gasteiger charge is -2.22. The molecule has 1 amide bonds. The number of rotatable bonds is 5. The van der Waals surface area contributed by atoms with Gasteiger partial charge >= 0.3 is 5.97 Å². The molecule has 0 aliphatic carbocycles. The Morgan fingerprint density at radius 1 is 1.21 bits per heavy atom. The second-order valence-electron chi connectivity index (χ2n) is 6.73. The van der Waals surface area contributed by atoms with Crippen molar-refractivity contribution in [2.75, 3.05) is 25.5 Å². The van der Waals surface area contributed by atoms with Crippen LogP contribution >= 0.6 is 11.3 Å². The van der Waals surface area contributed by atoms with Crippen molar-refractivity contribution < 1.29 is 14.3 Å². The predicted molar refractivity (Wildman–Crippen MR) is 110 cm³/mol. The number of para-hydroxylation sites is 2. The Morgan fingerprint density at radius 2 is 2.00 bits per heavy atom. The first kappa shape index (κ1) is 18.6. The highest BCUT2D eigenvalue weighted by Crippen LogP contribution is 2.36. The molecule has 0 bridgehead atoms. The summed E-state index contributed by atoms with van der Waals surface area (Å²) in [6.07, 6.45) is 2.03. The second kappa shape index (κ2) is 8.08. The summed E-state index contributed by atoms with van der Waals surface area (Å²) in [5.41, 5.74) is 1.82. The summed E-state index contributed by atoms with van der Waals surface area (Å²) in [4.78, 5) is 31.5. The number of methoxy groups -OCH3 is 1. The van der Waals surface area contributed by atoms with Gasteiger partial charge in [0, 0.05) is 0 Å². The number of ether oxygens (including phenoxy) is 1. The molecule has 1 atom stereocenters. The number of esters is 1. The molecule has 7 heteroatoms. The largest absolute Gasteiger partial charge is 0.465 e. The van der Waals surface area contributed by atoms with Crippen LogP contribution in [0.5, 0.6) is 0 Å². The highest BCUT2D eigenvalue weighted by atomic mass is 32.1. The second-order valence-corrected chi connectivity index (χ2v) is 7.80. The van der Waals surface area contributed by atoms with Crippen LogP contribution in [-0.4, -0.2) is 42.0 Å². The molecule has 2 aromatic carbocycles. The lowest BCUT2D eigenvalue weighted by atomic mass is 10.2. The average molecular weight is 395 g/mol. The van der Waals surface area contributed by atoms with Crippen LogP contribution in [0.15, 0.2) is 48.5 Å². The van der Waals surface area contributed by atoms with Gasteiger partial charge in [-0.25, -0.2) is 9.78 Å². The van der Waals surface area contributed by atoms with Crippen LogP contribution in [0.2, 0.25) is 0 Å². The molecule has 3 aromatic rings. The van der Waals surface area contributed by atoms with Crippen LogP contribution < -0.4 is 5.32 Å². The van der Waals surface area contributed by atoms with Gasteiger partial charge in [0.1, 0.15) is 5.01 Å². The van der Waals surface area contributed by atoms with Crippen molar-refractivity contribution in [3.63, 3.8) is 0 Å². The van der Waals surface area contributed by atoms with Crippen LogP contribution in [0.1, 0.15) is 34.2 Å². The molecule has 6 nitrogen and oxygen atoms in total. The van der Waals surface area contributed by atoms with Crippen molar-refractivity contribution in [3.05, 3.63) is 59.1 Å². The van der Waals surface area contributed by atoms with Crippen LogP contribution in [0.3, 0.4) is 0 Å². The maximum atomic E-state index is 12.7. The topological polar surface area (TPSA) is 71.5 Å². The Labute approximate surface area is 167 Å². The molecule has 0 saturated carbocycles. The molecule has 2 heterocycles. The van der Waals surface area contributed by atoms with E-state index in [9.17, 15) is 9.59 Å². The maximum absolute atomic E-state index is 12.7. The number of amides is 1. The first-order valence-corrected chi connectivity index (χ1v) is 10.0. The fraction of sp³-hybridized carbons (Fsp3) is 0.286. The van der Waals surface area contributed by atoms with Crippen molar-refractivity contribution in [1.82, 2.24) is 9.88 Å². The van der Waals surface area contributed by atoms with Gasteiger partial charge < -0.3 is 10.1 Å². The van der Waals surface area contributed by atoms with Crippen LogP contribution in [-0.2, 0) is 9.53 Å². The summed E-state index contributed by atoms with van der Waals surface area (Å²) < 4.78 is 5.96. The first-order valence-electron chi connectivity index (χ1n) is 9.22.